The summed E-state index contributed by atoms with van der Waals surface area (Å²) in [5, 5.41) is 3.74. The highest BCUT2D eigenvalue weighted by molar-refractivity contribution is 5.94. The summed E-state index contributed by atoms with van der Waals surface area (Å²) in [6.45, 7) is 0.883. The first-order valence-corrected chi connectivity index (χ1v) is 11.5. The van der Waals surface area contributed by atoms with Crippen molar-refractivity contribution >= 4 is 22.6 Å². The normalized spacial score (nSPS) is 10.9. The number of anilines is 1. The summed E-state index contributed by atoms with van der Waals surface area (Å²) in [4.78, 5) is 37.4. The van der Waals surface area contributed by atoms with Crippen molar-refractivity contribution in [3.63, 3.8) is 0 Å². The van der Waals surface area contributed by atoms with Crippen LogP contribution in [0.4, 0.5) is 5.82 Å². The maximum Gasteiger partial charge on any atom is 0.251 e. The summed E-state index contributed by atoms with van der Waals surface area (Å²) in [5.74, 6) is 0.255. The second-order valence-corrected chi connectivity index (χ2v) is 8.49. The second-order valence-electron chi connectivity index (χ2n) is 8.49. The predicted molar refractivity (Wildman–Crippen MR) is 138 cm³/mol. The molecule has 3 aromatic heterocycles. The van der Waals surface area contributed by atoms with Gasteiger partial charge in [0.1, 0.15) is 12.1 Å². The van der Waals surface area contributed by atoms with Crippen molar-refractivity contribution in [2.45, 2.75) is 19.5 Å². The molecule has 0 aliphatic rings. The Kier molecular flexibility index (Phi) is 6.48. The fourth-order valence-electron chi connectivity index (χ4n) is 3.99. The highest BCUT2D eigenvalue weighted by Gasteiger charge is 2.09. The Morgan fingerprint density at radius 3 is 2.53 bits per heavy atom. The van der Waals surface area contributed by atoms with Gasteiger partial charge in [0.25, 0.3) is 11.5 Å². The lowest BCUT2D eigenvalue weighted by Gasteiger charge is -2.09. The van der Waals surface area contributed by atoms with Gasteiger partial charge in [-0.05, 0) is 47.0 Å². The molecule has 0 spiro atoms. The van der Waals surface area contributed by atoms with E-state index in [1.54, 1.807) is 41.2 Å². The first kappa shape index (κ1) is 22.9. The van der Waals surface area contributed by atoms with Crippen LogP contribution in [0.5, 0.6) is 0 Å². The van der Waals surface area contributed by atoms with Crippen LogP contribution in [-0.2, 0) is 19.5 Å². The van der Waals surface area contributed by atoms with E-state index >= 15 is 0 Å². The molecule has 2 aromatic carbocycles. The Labute approximate surface area is 207 Å². The van der Waals surface area contributed by atoms with Crippen molar-refractivity contribution in [3.8, 4) is 0 Å². The second kappa shape index (κ2) is 10.2. The quantitative estimate of drug-likeness (QED) is 0.372. The number of nitrogens with two attached hydrogens (primary N) is 1. The molecule has 5 aromatic rings. The number of aromatic nitrogens is 4. The van der Waals surface area contributed by atoms with E-state index in [-0.39, 0.29) is 11.5 Å². The van der Waals surface area contributed by atoms with Crippen molar-refractivity contribution in [3.05, 3.63) is 130 Å². The third-order valence-corrected chi connectivity index (χ3v) is 5.92. The van der Waals surface area contributed by atoms with E-state index < -0.39 is 0 Å². The molecule has 0 saturated heterocycles. The molecule has 3 heterocycles. The Morgan fingerprint density at radius 2 is 1.69 bits per heavy atom. The summed E-state index contributed by atoms with van der Waals surface area (Å²) in [6, 6.07) is 22.4. The van der Waals surface area contributed by atoms with Crippen LogP contribution < -0.4 is 16.6 Å². The lowest BCUT2D eigenvalue weighted by Crippen LogP contribution is -2.23. The molecule has 8 heteroatoms. The van der Waals surface area contributed by atoms with Crippen molar-refractivity contribution in [2.24, 2.45) is 0 Å². The van der Waals surface area contributed by atoms with Gasteiger partial charge < -0.3 is 15.6 Å². The number of carbonyl (C=O) groups excluding carboxylic acids is 1. The molecule has 0 aliphatic heterocycles. The smallest absolute Gasteiger partial charge is 0.251 e. The van der Waals surface area contributed by atoms with Gasteiger partial charge in [0.05, 0.1) is 12.1 Å². The first-order valence-electron chi connectivity index (χ1n) is 11.5. The molecular weight excluding hydrogens is 452 g/mol. The zero-order valence-corrected chi connectivity index (χ0v) is 19.5. The topological polar surface area (TPSA) is 116 Å². The maximum absolute atomic E-state index is 12.8. The zero-order chi connectivity index (χ0) is 24.9. The van der Waals surface area contributed by atoms with E-state index in [4.69, 9.17) is 5.73 Å². The standard InChI is InChI=1S/C28H24N6O2/c29-27-24-9-8-21(14-25(24)32-18-33-27)16-31-28(36)22-10-11-30-23(15-22)13-19-4-6-20(7-5-19)17-34-12-2-1-3-26(34)35/h1-12,14-15,18H,13,16-17H2,(H,31,36)(H2,29,32,33). The highest BCUT2D eigenvalue weighted by Crippen LogP contribution is 2.18. The molecule has 0 radical (unpaired) electrons. The average Bonchev–Trinajstić information content (AvgIpc) is 2.90. The molecule has 3 N–H and O–H groups in total. The van der Waals surface area contributed by atoms with Crippen LogP contribution in [0, 0.1) is 0 Å². The molecule has 0 unspecified atom stereocenters. The number of nitrogens with zero attached hydrogens (tertiary/aromatic N) is 4. The molecule has 36 heavy (non-hydrogen) atoms. The molecule has 0 atom stereocenters. The third-order valence-electron chi connectivity index (χ3n) is 5.92. The van der Waals surface area contributed by atoms with Gasteiger partial charge in [-0.25, -0.2) is 9.97 Å². The van der Waals surface area contributed by atoms with Gasteiger partial charge in [0, 0.05) is 48.1 Å². The molecule has 0 fully saturated rings. The lowest BCUT2D eigenvalue weighted by atomic mass is 10.1. The fourth-order valence-corrected chi connectivity index (χ4v) is 3.99. The van der Waals surface area contributed by atoms with Crippen molar-refractivity contribution in [1.82, 2.24) is 24.8 Å². The SMILES string of the molecule is Nc1ncnc2cc(CNC(=O)c3ccnc(Cc4ccc(Cn5ccccc5=O)cc4)c3)ccc12. The van der Waals surface area contributed by atoms with E-state index in [9.17, 15) is 9.59 Å². The van der Waals surface area contributed by atoms with Crippen molar-refractivity contribution in [2.75, 3.05) is 5.73 Å². The van der Waals surface area contributed by atoms with Crippen LogP contribution in [0.3, 0.4) is 0 Å². The number of rotatable bonds is 7. The van der Waals surface area contributed by atoms with Crippen LogP contribution in [0.2, 0.25) is 0 Å². The minimum Gasteiger partial charge on any atom is -0.383 e. The molecular formula is C28H24N6O2. The predicted octanol–water partition coefficient (Wildman–Crippen LogP) is 3.34. The number of fused-ring (bicyclic) bond motifs is 1. The van der Waals surface area contributed by atoms with Crippen LogP contribution in [-0.4, -0.2) is 25.4 Å². The van der Waals surface area contributed by atoms with E-state index in [0.717, 1.165) is 33.3 Å². The van der Waals surface area contributed by atoms with Crippen LogP contribution in [0.1, 0.15) is 32.7 Å². The van der Waals surface area contributed by atoms with E-state index in [0.29, 0.717) is 30.9 Å². The van der Waals surface area contributed by atoms with Gasteiger partial charge in [-0.3, -0.25) is 14.6 Å². The minimum absolute atomic E-state index is 0.0276. The number of nitrogen functional groups attached to an aromatic ring is 1. The molecule has 0 bridgehead atoms. The molecule has 178 valence electrons. The number of benzene rings is 2. The molecule has 8 nitrogen and oxygen atoms in total. The van der Waals surface area contributed by atoms with Crippen LogP contribution in [0.15, 0.2) is 96.3 Å². The monoisotopic (exact) mass is 476 g/mol. The fraction of sp³-hybridized carbons (Fsp3) is 0.107. The maximum atomic E-state index is 12.8. The number of carbonyl (C=O) groups is 1. The first-order chi connectivity index (χ1) is 17.5. The average molecular weight is 477 g/mol. The minimum atomic E-state index is -0.176. The lowest BCUT2D eigenvalue weighted by molar-refractivity contribution is 0.0950. The highest BCUT2D eigenvalue weighted by atomic mass is 16.1. The Hall–Kier alpha value is -4.85. The summed E-state index contributed by atoms with van der Waals surface area (Å²) in [7, 11) is 0. The molecule has 0 saturated carbocycles. The van der Waals surface area contributed by atoms with Gasteiger partial charge in [0.15, 0.2) is 0 Å². The van der Waals surface area contributed by atoms with E-state index in [1.807, 2.05) is 48.5 Å². The van der Waals surface area contributed by atoms with Crippen molar-refractivity contribution in [1.29, 1.82) is 0 Å². The molecule has 1 amide bonds. The Morgan fingerprint density at radius 1 is 0.889 bits per heavy atom. The van der Waals surface area contributed by atoms with Gasteiger partial charge in [-0.2, -0.15) is 0 Å². The van der Waals surface area contributed by atoms with Gasteiger partial charge >= 0.3 is 0 Å². The molecule has 5 rings (SSSR count). The van der Waals surface area contributed by atoms with Gasteiger partial charge in [-0.1, -0.05) is 36.4 Å². The number of hydrogen-bond donors (Lipinski definition) is 2. The number of amides is 1. The van der Waals surface area contributed by atoms with Gasteiger partial charge in [0.2, 0.25) is 0 Å². The Bertz CT molecular complexity index is 1590. The van der Waals surface area contributed by atoms with Crippen LogP contribution in [0.25, 0.3) is 10.9 Å². The largest absolute Gasteiger partial charge is 0.383 e. The van der Waals surface area contributed by atoms with Crippen molar-refractivity contribution < 1.29 is 4.79 Å². The van der Waals surface area contributed by atoms with Crippen LogP contribution >= 0.6 is 0 Å². The van der Waals surface area contributed by atoms with E-state index in [1.165, 1.54) is 6.33 Å². The summed E-state index contributed by atoms with van der Waals surface area (Å²) < 4.78 is 1.67. The zero-order valence-electron chi connectivity index (χ0n) is 19.5. The summed E-state index contributed by atoms with van der Waals surface area (Å²) in [5.41, 5.74) is 11.0. The number of pyridine rings is 2. The number of nitrogens with one attached hydrogen (secondary N) is 1. The molecule has 0 aliphatic carbocycles. The summed E-state index contributed by atoms with van der Waals surface area (Å²) in [6.07, 6.45) is 5.45. The third kappa shape index (κ3) is 5.28. The van der Waals surface area contributed by atoms with Gasteiger partial charge in [-0.15, -0.1) is 0 Å². The Balaban J connectivity index is 1.22. The summed E-state index contributed by atoms with van der Waals surface area (Å²) >= 11 is 0. The van der Waals surface area contributed by atoms with E-state index in [2.05, 4.69) is 20.3 Å². The number of hydrogen-bond acceptors (Lipinski definition) is 6.